The van der Waals surface area contributed by atoms with Gasteiger partial charge in [0.05, 0.1) is 6.61 Å². The molecule has 0 unspecified atom stereocenters. The zero-order valence-corrected chi connectivity index (χ0v) is 20.6. The number of carbonyl (C=O) groups is 2. The van der Waals surface area contributed by atoms with Gasteiger partial charge in [0, 0.05) is 30.3 Å². The van der Waals surface area contributed by atoms with Gasteiger partial charge in [-0.1, -0.05) is 6.07 Å². The van der Waals surface area contributed by atoms with Crippen LogP contribution in [-0.2, 0) is 11.3 Å². The van der Waals surface area contributed by atoms with Crippen LogP contribution in [0, 0.1) is 11.6 Å². The highest BCUT2D eigenvalue weighted by Gasteiger charge is 2.27. The predicted octanol–water partition coefficient (Wildman–Crippen LogP) is 4.46. The van der Waals surface area contributed by atoms with Crippen LogP contribution >= 0.6 is 0 Å². The van der Waals surface area contributed by atoms with Crippen molar-refractivity contribution in [2.45, 2.75) is 39.0 Å². The summed E-state index contributed by atoms with van der Waals surface area (Å²) in [6.45, 7) is -2.09. The van der Waals surface area contributed by atoms with E-state index in [1.165, 1.54) is 25.1 Å². The summed E-state index contributed by atoms with van der Waals surface area (Å²) in [5.74, 6) is -3.24. The summed E-state index contributed by atoms with van der Waals surface area (Å²) in [5, 5.41) is 11.4. The number of primary amides is 1. The van der Waals surface area contributed by atoms with Gasteiger partial charge in [-0.25, -0.2) is 18.6 Å². The van der Waals surface area contributed by atoms with Crippen LogP contribution in [-0.4, -0.2) is 41.9 Å². The number of rotatable bonds is 13. The first kappa shape index (κ1) is 29.2. The summed E-state index contributed by atoms with van der Waals surface area (Å²) in [7, 11) is 0. The minimum atomic E-state index is -3.13. The van der Waals surface area contributed by atoms with Crippen LogP contribution in [0.1, 0.15) is 47.7 Å². The first-order valence-electron chi connectivity index (χ1n) is 11.6. The molecule has 0 aliphatic rings. The molecule has 0 saturated heterocycles. The normalized spacial score (nSPS) is 11.8. The third-order valence-electron chi connectivity index (χ3n) is 5.20. The standard InChI is InChI=1S/C25H25F4N3O7/c1-13(37-25(30)35)21-20(22(34)31-12-15-4-6-16(26)11-17(15)27)32-23(39-21)14-5-7-18(38-24(28)29)19(10-14)36-9-3-2-8-33/h4-7,10-11,13,24,33H,2-3,8-9,12H2,1H3,(H2,30,35)(H,31,34)/t13-/m0/s1. The van der Waals surface area contributed by atoms with Crippen molar-refractivity contribution in [2.24, 2.45) is 5.73 Å². The summed E-state index contributed by atoms with van der Waals surface area (Å²) in [5.41, 5.74) is 4.93. The van der Waals surface area contributed by atoms with E-state index in [0.717, 1.165) is 12.1 Å². The number of nitrogens with zero attached hydrogens (tertiary/aromatic N) is 1. The fourth-order valence-electron chi connectivity index (χ4n) is 3.39. The quantitative estimate of drug-likeness (QED) is 0.207. The van der Waals surface area contributed by atoms with Gasteiger partial charge < -0.3 is 34.8 Å². The Bertz CT molecular complexity index is 1300. The maximum absolute atomic E-state index is 14.0. The molecule has 0 aliphatic heterocycles. The van der Waals surface area contributed by atoms with E-state index in [2.05, 4.69) is 15.0 Å². The molecule has 2 aromatic carbocycles. The van der Waals surface area contributed by atoms with E-state index in [1.54, 1.807) is 0 Å². The monoisotopic (exact) mass is 555 g/mol. The zero-order valence-electron chi connectivity index (χ0n) is 20.6. The van der Waals surface area contributed by atoms with Crippen molar-refractivity contribution < 1.29 is 50.9 Å². The van der Waals surface area contributed by atoms with Crippen LogP contribution in [0.4, 0.5) is 22.4 Å². The number of halogens is 4. The number of unbranched alkanes of at least 4 members (excludes halogenated alkanes) is 1. The number of oxazole rings is 1. The number of hydrogen-bond donors (Lipinski definition) is 3. The number of aliphatic hydroxyl groups is 1. The van der Waals surface area contributed by atoms with E-state index in [-0.39, 0.29) is 59.7 Å². The molecule has 210 valence electrons. The van der Waals surface area contributed by atoms with Crippen molar-refractivity contribution in [1.29, 1.82) is 0 Å². The Labute approximate surface area is 219 Å². The summed E-state index contributed by atoms with van der Waals surface area (Å²) in [4.78, 5) is 28.4. The van der Waals surface area contributed by atoms with Crippen molar-refractivity contribution in [3.63, 3.8) is 0 Å². The average Bonchev–Trinajstić information content (AvgIpc) is 3.32. The van der Waals surface area contributed by atoms with Gasteiger partial charge in [0.15, 0.2) is 29.1 Å². The van der Waals surface area contributed by atoms with Crippen molar-refractivity contribution >= 4 is 12.0 Å². The number of benzene rings is 2. The lowest BCUT2D eigenvalue weighted by Crippen LogP contribution is -2.26. The number of nitrogens with two attached hydrogens (primary N) is 1. The molecule has 0 fully saturated rings. The van der Waals surface area contributed by atoms with E-state index < -0.39 is 36.4 Å². The Balaban J connectivity index is 1.93. The van der Waals surface area contributed by atoms with Gasteiger partial charge in [-0.2, -0.15) is 8.78 Å². The fraction of sp³-hybridized carbons (Fsp3) is 0.320. The Morgan fingerprint density at radius 2 is 1.90 bits per heavy atom. The molecule has 1 atom stereocenters. The molecule has 2 amide bonds. The summed E-state index contributed by atoms with van der Waals surface area (Å²) in [6.07, 6.45) is -1.49. The second-order valence-corrected chi connectivity index (χ2v) is 8.05. The number of amides is 2. The first-order valence-corrected chi connectivity index (χ1v) is 11.6. The smallest absolute Gasteiger partial charge is 0.405 e. The van der Waals surface area contributed by atoms with Gasteiger partial charge in [-0.05, 0) is 44.0 Å². The number of nitrogens with one attached hydrogen (secondary N) is 1. The molecule has 3 aromatic rings. The fourth-order valence-corrected chi connectivity index (χ4v) is 3.39. The second kappa shape index (κ2) is 13.5. The molecule has 4 N–H and O–H groups in total. The van der Waals surface area contributed by atoms with Gasteiger partial charge in [-0.15, -0.1) is 0 Å². The SMILES string of the molecule is C[C@H](OC(N)=O)c1oc(-c2ccc(OC(F)F)c(OCCCCO)c2)nc1C(=O)NCc1ccc(F)cc1F. The van der Waals surface area contributed by atoms with E-state index >= 15 is 0 Å². The van der Waals surface area contributed by atoms with Gasteiger partial charge in [-0.3, -0.25) is 4.79 Å². The van der Waals surface area contributed by atoms with Crippen LogP contribution < -0.4 is 20.5 Å². The van der Waals surface area contributed by atoms with E-state index in [4.69, 9.17) is 24.7 Å². The molecule has 0 saturated carbocycles. The summed E-state index contributed by atoms with van der Waals surface area (Å²) < 4.78 is 73.5. The number of aromatic nitrogens is 1. The summed E-state index contributed by atoms with van der Waals surface area (Å²) >= 11 is 0. The largest absolute Gasteiger partial charge is 0.490 e. The second-order valence-electron chi connectivity index (χ2n) is 8.05. The molecule has 14 heteroatoms. The Kier molecular flexibility index (Phi) is 10.1. The Hall–Kier alpha value is -4.33. The van der Waals surface area contributed by atoms with Crippen molar-refractivity contribution in [3.8, 4) is 23.0 Å². The van der Waals surface area contributed by atoms with E-state index in [1.807, 2.05) is 0 Å². The van der Waals surface area contributed by atoms with E-state index in [9.17, 15) is 27.2 Å². The number of aliphatic hydroxyl groups excluding tert-OH is 1. The third kappa shape index (κ3) is 8.07. The first-order chi connectivity index (χ1) is 18.6. The molecular formula is C25H25F4N3O7. The van der Waals surface area contributed by atoms with Crippen LogP contribution in [0.25, 0.3) is 11.5 Å². The zero-order chi connectivity index (χ0) is 28.5. The predicted molar refractivity (Wildman–Crippen MR) is 127 cm³/mol. The average molecular weight is 555 g/mol. The number of hydrogen-bond acceptors (Lipinski definition) is 8. The molecule has 0 radical (unpaired) electrons. The van der Waals surface area contributed by atoms with Crippen LogP contribution in [0.15, 0.2) is 40.8 Å². The Morgan fingerprint density at radius 1 is 1.13 bits per heavy atom. The highest BCUT2D eigenvalue weighted by atomic mass is 19.3. The highest BCUT2D eigenvalue weighted by Crippen LogP contribution is 2.35. The highest BCUT2D eigenvalue weighted by molar-refractivity contribution is 5.94. The lowest BCUT2D eigenvalue weighted by atomic mass is 10.2. The maximum Gasteiger partial charge on any atom is 0.405 e. The van der Waals surface area contributed by atoms with Gasteiger partial charge in [0.1, 0.15) is 11.6 Å². The van der Waals surface area contributed by atoms with Crippen molar-refractivity contribution in [1.82, 2.24) is 10.3 Å². The number of ether oxygens (including phenoxy) is 3. The summed E-state index contributed by atoms with van der Waals surface area (Å²) in [6, 6.07) is 6.65. The van der Waals surface area contributed by atoms with Crippen LogP contribution in [0.2, 0.25) is 0 Å². The number of carbonyl (C=O) groups excluding carboxylic acids is 2. The molecule has 0 bridgehead atoms. The van der Waals surface area contributed by atoms with Gasteiger partial charge >= 0.3 is 12.7 Å². The maximum atomic E-state index is 14.0. The lowest BCUT2D eigenvalue weighted by molar-refractivity contribution is -0.0515. The number of alkyl halides is 2. The lowest BCUT2D eigenvalue weighted by Gasteiger charge is -2.13. The van der Waals surface area contributed by atoms with Gasteiger partial charge in [0.25, 0.3) is 5.91 Å². The Morgan fingerprint density at radius 3 is 2.56 bits per heavy atom. The molecule has 0 spiro atoms. The van der Waals surface area contributed by atoms with Crippen molar-refractivity contribution in [2.75, 3.05) is 13.2 Å². The molecule has 39 heavy (non-hydrogen) atoms. The van der Waals surface area contributed by atoms with Crippen LogP contribution in [0.5, 0.6) is 11.5 Å². The molecule has 1 aromatic heterocycles. The van der Waals surface area contributed by atoms with Crippen molar-refractivity contribution in [3.05, 3.63) is 65.1 Å². The molecule has 3 rings (SSSR count). The molecule has 10 nitrogen and oxygen atoms in total. The molecule has 1 heterocycles. The third-order valence-corrected chi connectivity index (χ3v) is 5.20. The van der Waals surface area contributed by atoms with Crippen LogP contribution in [0.3, 0.4) is 0 Å². The molecular weight excluding hydrogens is 530 g/mol. The topological polar surface area (TPSA) is 146 Å². The van der Waals surface area contributed by atoms with E-state index in [0.29, 0.717) is 18.9 Å². The van der Waals surface area contributed by atoms with Gasteiger partial charge in [0.2, 0.25) is 5.89 Å². The minimum absolute atomic E-state index is 0.00550. The molecule has 0 aliphatic carbocycles. The minimum Gasteiger partial charge on any atom is -0.490 e.